The molecule has 0 bridgehead atoms. The van der Waals surface area contributed by atoms with Crippen LogP contribution in [0, 0.1) is 0 Å². The summed E-state index contributed by atoms with van der Waals surface area (Å²) >= 11 is 0. The second kappa shape index (κ2) is 10.3. The van der Waals surface area contributed by atoms with E-state index in [1.165, 1.54) is 18.6 Å². The van der Waals surface area contributed by atoms with Gasteiger partial charge in [0, 0.05) is 24.7 Å². The maximum absolute atomic E-state index is 12.7. The van der Waals surface area contributed by atoms with Crippen molar-refractivity contribution in [2.75, 3.05) is 25.1 Å². The smallest absolute Gasteiger partial charge is 0.335 e. The Morgan fingerprint density at radius 1 is 1.10 bits per heavy atom. The number of hydrogen-bond acceptors (Lipinski definition) is 4. The maximum Gasteiger partial charge on any atom is 0.335 e. The van der Waals surface area contributed by atoms with Gasteiger partial charge in [-0.15, -0.1) is 0 Å². The Labute approximate surface area is 184 Å². The van der Waals surface area contributed by atoms with Crippen molar-refractivity contribution in [3.8, 4) is 5.75 Å². The summed E-state index contributed by atoms with van der Waals surface area (Å²) in [5.74, 6) is -1.34. The normalized spacial score (nSPS) is 15.9. The van der Waals surface area contributed by atoms with Gasteiger partial charge in [0.1, 0.15) is 5.75 Å². The molecule has 1 aliphatic rings. The number of aromatic carboxylic acids is 1. The second-order valence-electron chi connectivity index (χ2n) is 8.17. The second-order valence-corrected chi connectivity index (χ2v) is 8.17. The van der Waals surface area contributed by atoms with Crippen LogP contribution in [-0.2, 0) is 4.79 Å². The van der Waals surface area contributed by atoms with Crippen LogP contribution < -0.4 is 15.4 Å². The molecule has 1 amide bonds. The summed E-state index contributed by atoms with van der Waals surface area (Å²) in [5.41, 5.74) is 9.06. The number of nitrogens with zero attached hydrogens (tertiary/aromatic N) is 1. The third-order valence-electron chi connectivity index (χ3n) is 6.16. The van der Waals surface area contributed by atoms with E-state index in [-0.39, 0.29) is 11.5 Å². The number of methoxy groups -OCH3 is 1. The van der Waals surface area contributed by atoms with Crippen molar-refractivity contribution in [1.82, 2.24) is 0 Å². The minimum absolute atomic E-state index is 0.134. The van der Waals surface area contributed by atoms with Crippen molar-refractivity contribution in [1.29, 1.82) is 0 Å². The lowest BCUT2D eigenvalue weighted by Crippen LogP contribution is -2.32. The molecule has 0 saturated carbocycles. The molecular formula is C25H32N2O4. The van der Waals surface area contributed by atoms with Gasteiger partial charge >= 0.3 is 5.97 Å². The van der Waals surface area contributed by atoms with Gasteiger partial charge in [-0.1, -0.05) is 25.5 Å². The van der Waals surface area contributed by atoms with E-state index in [2.05, 4.69) is 17.9 Å². The van der Waals surface area contributed by atoms with Gasteiger partial charge in [0.2, 0.25) is 5.91 Å². The summed E-state index contributed by atoms with van der Waals surface area (Å²) in [5, 5.41) is 9.22. The molecule has 6 nitrogen and oxygen atoms in total. The highest BCUT2D eigenvalue weighted by atomic mass is 16.5. The minimum Gasteiger partial charge on any atom is -0.497 e. The first-order valence-electron chi connectivity index (χ1n) is 11.0. The number of carboxylic acid groups (broad SMARTS) is 1. The van der Waals surface area contributed by atoms with E-state index in [0.717, 1.165) is 61.3 Å². The highest BCUT2D eigenvalue weighted by molar-refractivity contribution is 5.88. The zero-order valence-electron chi connectivity index (χ0n) is 18.3. The molecule has 2 unspecified atom stereocenters. The van der Waals surface area contributed by atoms with Gasteiger partial charge in [-0.25, -0.2) is 4.79 Å². The van der Waals surface area contributed by atoms with Crippen molar-refractivity contribution in [2.45, 2.75) is 50.9 Å². The average Bonchev–Trinajstić information content (AvgIpc) is 2.79. The van der Waals surface area contributed by atoms with Crippen molar-refractivity contribution < 1.29 is 19.4 Å². The number of anilines is 1. The molecule has 0 spiro atoms. The highest BCUT2D eigenvalue weighted by Gasteiger charge is 2.32. The van der Waals surface area contributed by atoms with Gasteiger partial charge in [0.05, 0.1) is 18.6 Å². The van der Waals surface area contributed by atoms with Crippen LogP contribution in [-0.4, -0.2) is 37.2 Å². The molecule has 1 heterocycles. The number of rotatable bonds is 9. The number of ether oxygens (including phenoxy) is 1. The van der Waals surface area contributed by atoms with Crippen LogP contribution in [0.15, 0.2) is 42.5 Å². The van der Waals surface area contributed by atoms with E-state index in [1.54, 1.807) is 19.2 Å². The maximum atomic E-state index is 12.7. The monoisotopic (exact) mass is 424 g/mol. The van der Waals surface area contributed by atoms with Crippen LogP contribution in [0.3, 0.4) is 0 Å². The first-order valence-corrected chi connectivity index (χ1v) is 11.0. The topological polar surface area (TPSA) is 92.9 Å². The van der Waals surface area contributed by atoms with Crippen LogP contribution >= 0.6 is 0 Å². The first kappa shape index (κ1) is 22.7. The molecule has 1 fully saturated rings. The van der Waals surface area contributed by atoms with E-state index in [4.69, 9.17) is 10.5 Å². The van der Waals surface area contributed by atoms with E-state index in [1.807, 2.05) is 12.1 Å². The molecular weight excluding hydrogens is 392 g/mol. The lowest BCUT2D eigenvalue weighted by molar-refractivity contribution is -0.120. The Bertz CT molecular complexity index is 904. The number of carboxylic acids is 1. The number of piperidine rings is 1. The predicted molar refractivity (Wildman–Crippen MR) is 122 cm³/mol. The van der Waals surface area contributed by atoms with Crippen LogP contribution in [0.4, 0.5) is 5.69 Å². The summed E-state index contributed by atoms with van der Waals surface area (Å²) in [6, 6.07) is 12.6. The summed E-state index contributed by atoms with van der Waals surface area (Å²) in [4.78, 5) is 26.4. The molecule has 31 heavy (non-hydrogen) atoms. The SMILES string of the molecule is CCCC(c1cc(OC)ccc1N1CCCCC1)C(C(N)=O)c1ccc(C(=O)O)cc1. The molecule has 166 valence electrons. The van der Waals surface area contributed by atoms with Crippen LogP contribution in [0.25, 0.3) is 0 Å². The van der Waals surface area contributed by atoms with Crippen molar-refractivity contribution in [3.05, 3.63) is 59.2 Å². The molecule has 0 aliphatic carbocycles. The van der Waals surface area contributed by atoms with E-state index < -0.39 is 17.8 Å². The third kappa shape index (κ3) is 5.19. The number of nitrogens with two attached hydrogens (primary N) is 1. The highest BCUT2D eigenvalue weighted by Crippen LogP contribution is 2.43. The number of benzene rings is 2. The molecule has 2 aromatic carbocycles. The molecule has 2 atom stereocenters. The largest absolute Gasteiger partial charge is 0.497 e. The van der Waals surface area contributed by atoms with Crippen molar-refractivity contribution in [3.63, 3.8) is 0 Å². The van der Waals surface area contributed by atoms with E-state index >= 15 is 0 Å². The van der Waals surface area contributed by atoms with Crippen LogP contribution in [0.5, 0.6) is 5.75 Å². The summed E-state index contributed by atoms with van der Waals surface area (Å²) in [6.45, 7) is 4.08. The van der Waals surface area contributed by atoms with Crippen LogP contribution in [0.2, 0.25) is 0 Å². The molecule has 1 saturated heterocycles. The lowest BCUT2D eigenvalue weighted by Gasteiger charge is -2.34. The Kier molecular flexibility index (Phi) is 7.55. The number of carbonyl (C=O) groups is 2. The van der Waals surface area contributed by atoms with Gasteiger partial charge in [-0.2, -0.15) is 0 Å². The quantitative estimate of drug-likeness (QED) is 0.617. The fourth-order valence-corrected chi connectivity index (χ4v) is 4.62. The van der Waals surface area contributed by atoms with Gasteiger partial charge in [0.25, 0.3) is 0 Å². The zero-order valence-corrected chi connectivity index (χ0v) is 18.3. The molecule has 1 aliphatic heterocycles. The zero-order chi connectivity index (χ0) is 22.4. The van der Waals surface area contributed by atoms with Gasteiger partial charge in [-0.05, 0) is 67.1 Å². The molecule has 6 heteroatoms. The molecule has 0 radical (unpaired) electrons. The fraction of sp³-hybridized carbons (Fsp3) is 0.440. The average molecular weight is 425 g/mol. The molecule has 3 N–H and O–H groups in total. The Morgan fingerprint density at radius 2 is 1.77 bits per heavy atom. The Balaban J connectivity index is 2.09. The summed E-state index contributed by atoms with van der Waals surface area (Å²) in [6.07, 6.45) is 5.21. The van der Waals surface area contributed by atoms with Crippen molar-refractivity contribution in [2.24, 2.45) is 5.73 Å². The number of hydrogen-bond donors (Lipinski definition) is 2. The number of amides is 1. The standard InChI is InChI=1S/C25H32N2O4/c1-3-7-20(23(24(26)28)17-8-10-18(11-9-17)25(29)30)21-16-19(31-2)12-13-22(21)27-14-5-4-6-15-27/h8-13,16,20,23H,3-7,14-15H2,1-2H3,(H2,26,28)(H,29,30). The van der Waals surface area contributed by atoms with E-state index in [0.29, 0.717) is 0 Å². The Morgan fingerprint density at radius 3 is 2.32 bits per heavy atom. The number of primary amides is 1. The molecule has 2 aromatic rings. The van der Waals surface area contributed by atoms with Gasteiger partial charge < -0.3 is 20.5 Å². The fourth-order valence-electron chi connectivity index (χ4n) is 4.62. The van der Waals surface area contributed by atoms with Crippen molar-refractivity contribution >= 4 is 17.6 Å². The van der Waals surface area contributed by atoms with Gasteiger partial charge in [0.15, 0.2) is 0 Å². The molecule has 3 rings (SSSR count). The predicted octanol–water partition coefficient (Wildman–Crippen LogP) is 4.54. The van der Waals surface area contributed by atoms with Crippen LogP contribution in [0.1, 0.15) is 72.3 Å². The Hall–Kier alpha value is -3.02. The number of carbonyl (C=O) groups excluding carboxylic acids is 1. The minimum atomic E-state index is -0.993. The lowest BCUT2D eigenvalue weighted by atomic mass is 9.77. The first-order chi connectivity index (χ1) is 15.0. The third-order valence-corrected chi connectivity index (χ3v) is 6.16. The molecule has 0 aromatic heterocycles. The van der Waals surface area contributed by atoms with Gasteiger partial charge in [-0.3, -0.25) is 4.79 Å². The summed E-state index contributed by atoms with van der Waals surface area (Å²) in [7, 11) is 1.64. The summed E-state index contributed by atoms with van der Waals surface area (Å²) < 4.78 is 5.51. The van der Waals surface area contributed by atoms with E-state index in [9.17, 15) is 14.7 Å².